The topological polar surface area (TPSA) is 71.1 Å². The number of ether oxygens (including phenoxy) is 4. The molecule has 0 N–H and O–H groups in total. The lowest BCUT2D eigenvalue weighted by Gasteiger charge is -2.18. The van der Waals surface area contributed by atoms with E-state index in [4.69, 9.17) is 18.9 Å². The van der Waals surface area contributed by atoms with Crippen LogP contribution >= 0.6 is 22.6 Å². The fourth-order valence-electron chi connectivity index (χ4n) is 3.06. The molecular weight excluding hydrogens is 511 g/mol. The minimum absolute atomic E-state index is 0.121. The van der Waals surface area contributed by atoms with Crippen LogP contribution in [0.15, 0.2) is 67.8 Å². The Morgan fingerprint density at radius 3 is 1.87 bits per heavy atom. The Balaban J connectivity index is 2.06. The van der Waals surface area contributed by atoms with Gasteiger partial charge in [0.1, 0.15) is 24.7 Å². The van der Waals surface area contributed by atoms with E-state index in [1.807, 2.05) is 42.5 Å². The van der Waals surface area contributed by atoms with E-state index in [1.165, 1.54) is 12.2 Å². The molecule has 3 rings (SSSR count). The van der Waals surface area contributed by atoms with E-state index in [0.29, 0.717) is 11.5 Å². The number of carbonyl (C=O) groups excluding carboxylic acids is 2. The van der Waals surface area contributed by atoms with Crippen molar-refractivity contribution in [1.29, 1.82) is 0 Å². The van der Waals surface area contributed by atoms with Gasteiger partial charge in [-0.2, -0.15) is 0 Å². The van der Waals surface area contributed by atoms with E-state index in [1.54, 1.807) is 0 Å². The molecule has 0 heterocycles. The van der Waals surface area contributed by atoms with Crippen molar-refractivity contribution >= 4 is 56.1 Å². The van der Waals surface area contributed by atoms with Crippen molar-refractivity contribution in [1.82, 2.24) is 0 Å². The van der Waals surface area contributed by atoms with Crippen LogP contribution in [0.3, 0.4) is 0 Å². The second-order valence-electron chi connectivity index (χ2n) is 6.39. The van der Waals surface area contributed by atoms with Gasteiger partial charge in [0.2, 0.25) is 0 Å². The van der Waals surface area contributed by atoms with Crippen LogP contribution in [0, 0.1) is 3.57 Å². The summed E-state index contributed by atoms with van der Waals surface area (Å²) in [5.74, 6) is 0.107. The number of esters is 2. The summed E-state index contributed by atoms with van der Waals surface area (Å²) in [5.41, 5.74) is 0. The summed E-state index contributed by atoms with van der Waals surface area (Å²) in [7, 11) is 0. The van der Waals surface area contributed by atoms with Crippen LogP contribution in [0.1, 0.15) is 0 Å². The van der Waals surface area contributed by atoms with Crippen LogP contribution in [-0.2, 0) is 19.1 Å². The molecular formula is C24H21IO6. The van der Waals surface area contributed by atoms with Crippen molar-refractivity contribution in [2.24, 2.45) is 0 Å². The van der Waals surface area contributed by atoms with Gasteiger partial charge in [0.15, 0.2) is 13.2 Å². The summed E-state index contributed by atoms with van der Waals surface area (Å²) >= 11 is 2.21. The number of hydrogen-bond donors (Lipinski definition) is 0. The summed E-state index contributed by atoms with van der Waals surface area (Å²) < 4.78 is 22.8. The van der Waals surface area contributed by atoms with Crippen LogP contribution in [0.25, 0.3) is 21.5 Å². The lowest BCUT2D eigenvalue weighted by Crippen LogP contribution is -2.16. The number of carbonyl (C=O) groups is 2. The van der Waals surface area contributed by atoms with Crippen LogP contribution < -0.4 is 9.47 Å². The summed E-state index contributed by atoms with van der Waals surface area (Å²) in [5, 5.41) is 3.05. The van der Waals surface area contributed by atoms with E-state index in [0.717, 1.165) is 25.1 Å². The van der Waals surface area contributed by atoms with Gasteiger partial charge in [-0.25, -0.2) is 9.59 Å². The Kier molecular flexibility index (Phi) is 7.88. The standard InChI is InChI=1S/C24H21IO6/c1-3-12-28-20(26)14-30-23-16-8-5-6-9-17(16)24(31-15-21(27)29-13-4-2)22-18(23)10-7-11-19(22)25/h3-11H,1-2,12-15H2. The monoisotopic (exact) mass is 532 g/mol. The summed E-state index contributed by atoms with van der Waals surface area (Å²) in [6.45, 7) is 6.81. The zero-order chi connectivity index (χ0) is 22.2. The maximum Gasteiger partial charge on any atom is 0.344 e. The van der Waals surface area contributed by atoms with Crippen molar-refractivity contribution in [3.63, 3.8) is 0 Å². The summed E-state index contributed by atoms with van der Waals surface area (Å²) in [4.78, 5) is 23.9. The van der Waals surface area contributed by atoms with Crippen molar-refractivity contribution in [3.8, 4) is 11.5 Å². The molecule has 7 heteroatoms. The van der Waals surface area contributed by atoms with Gasteiger partial charge in [-0.05, 0) is 28.7 Å². The second kappa shape index (κ2) is 10.8. The first-order valence-corrected chi connectivity index (χ1v) is 10.6. The van der Waals surface area contributed by atoms with Gasteiger partial charge in [0.25, 0.3) is 0 Å². The third-order valence-corrected chi connectivity index (χ3v) is 5.19. The maximum absolute atomic E-state index is 12.0. The molecule has 0 aliphatic rings. The first kappa shape index (κ1) is 22.6. The number of hydrogen-bond acceptors (Lipinski definition) is 6. The molecule has 31 heavy (non-hydrogen) atoms. The number of halogens is 1. The molecule has 0 spiro atoms. The Bertz CT molecular complexity index is 1140. The van der Waals surface area contributed by atoms with Gasteiger partial charge >= 0.3 is 11.9 Å². The highest BCUT2D eigenvalue weighted by Crippen LogP contribution is 2.44. The molecule has 0 amide bonds. The lowest BCUT2D eigenvalue weighted by atomic mass is 10.0. The van der Waals surface area contributed by atoms with Gasteiger partial charge < -0.3 is 18.9 Å². The fraction of sp³-hybridized carbons (Fsp3) is 0.167. The van der Waals surface area contributed by atoms with Gasteiger partial charge in [-0.15, -0.1) is 0 Å². The lowest BCUT2D eigenvalue weighted by molar-refractivity contribution is -0.145. The molecule has 0 fully saturated rings. The van der Waals surface area contributed by atoms with Gasteiger partial charge in [0, 0.05) is 25.1 Å². The van der Waals surface area contributed by atoms with E-state index in [9.17, 15) is 9.59 Å². The number of rotatable bonds is 10. The molecule has 3 aromatic rings. The molecule has 0 saturated heterocycles. The van der Waals surface area contributed by atoms with Gasteiger partial charge in [-0.1, -0.05) is 61.7 Å². The molecule has 0 aromatic heterocycles. The minimum atomic E-state index is -0.493. The molecule has 160 valence electrons. The van der Waals surface area contributed by atoms with E-state index in [-0.39, 0.29) is 26.4 Å². The Hall–Kier alpha value is -3.07. The quantitative estimate of drug-likeness (QED) is 0.162. The normalized spacial score (nSPS) is 10.5. The van der Waals surface area contributed by atoms with Crippen molar-refractivity contribution in [3.05, 3.63) is 71.3 Å². The largest absolute Gasteiger partial charge is 0.481 e. The molecule has 0 saturated carbocycles. The highest BCUT2D eigenvalue weighted by molar-refractivity contribution is 14.1. The summed E-state index contributed by atoms with van der Waals surface area (Å²) in [6, 6.07) is 13.2. The minimum Gasteiger partial charge on any atom is -0.481 e. The Morgan fingerprint density at radius 1 is 0.774 bits per heavy atom. The second-order valence-corrected chi connectivity index (χ2v) is 7.55. The van der Waals surface area contributed by atoms with E-state index >= 15 is 0 Å². The maximum atomic E-state index is 12.0. The number of benzene rings is 3. The molecule has 0 atom stereocenters. The molecule has 0 aliphatic heterocycles. The molecule has 0 unspecified atom stereocenters. The first-order valence-electron chi connectivity index (χ1n) is 9.48. The average molecular weight is 532 g/mol. The predicted molar refractivity (Wildman–Crippen MR) is 127 cm³/mol. The molecule has 0 bridgehead atoms. The fourth-order valence-corrected chi connectivity index (χ4v) is 3.80. The van der Waals surface area contributed by atoms with Crippen LogP contribution in [0.5, 0.6) is 11.5 Å². The van der Waals surface area contributed by atoms with Gasteiger partial charge in [-0.3, -0.25) is 0 Å². The zero-order valence-corrected chi connectivity index (χ0v) is 18.9. The molecule has 6 nitrogen and oxygen atoms in total. The Morgan fingerprint density at radius 2 is 1.29 bits per heavy atom. The highest BCUT2D eigenvalue weighted by Gasteiger charge is 2.19. The zero-order valence-electron chi connectivity index (χ0n) is 16.8. The predicted octanol–water partition coefficient (Wildman–Crippen LogP) is 4.81. The van der Waals surface area contributed by atoms with E-state index in [2.05, 4.69) is 35.7 Å². The first-order chi connectivity index (χ1) is 15.1. The third kappa shape index (κ3) is 5.35. The SMILES string of the molecule is C=CCOC(=O)COc1c2ccccc2c(OCC(=O)OCC=C)c2c(I)cccc12. The van der Waals surface area contributed by atoms with Crippen LogP contribution in [0.4, 0.5) is 0 Å². The van der Waals surface area contributed by atoms with Crippen LogP contribution in [0.2, 0.25) is 0 Å². The Labute approximate surface area is 193 Å². The van der Waals surface area contributed by atoms with Crippen molar-refractivity contribution < 1.29 is 28.5 Å². The van der Waals surface area contributed by atoms with E-state index < -0.39 is 11.9 Å². The summed E-state index contributed by atoms with van der Waals surface area (Å²) in [6.07, 6.45) is 3.00. The molecule has 0 radical (unpaired) electrons. The van der Waals surface area contributed by atoms with Crippen molar-refractivity contribution in [2.45, 2.75) is 0 Å². The smallest absolute Gasteiger partial charge is 0.344 e. The van der Waals surface area contributed by atoms with Crippen LogP contribution in [-0.4, -0.2) is 38.4 Å². The molecule has 0 aliphatic carbocycles. The number of fused-ring (bicyclic) bond motifs is 2. The van der Waals surface area contributed by atoms with Crippen molar-refractivity contribution in [2.75, 3.05) is 26.4 Å². The van der Waals surface area contributed by atoms with Gasteiger partial charge in [0.05, 0.1) is 0 Å². The highest BCUT2D eigenvalue weighted by atomic mass is 127. The average Bonchev–Trinajstić information content (AvgIpc) is 2.78. The third-order valence-electron chi connectivity index (χ3n) is 4.29. The molecule has 3 aromatic carbocycles.